The minimum Gasteiger partial charge on any atom is -0.477 e. The third-order valence-corrected chi connectivity index (χ3v) is 2.62. The molecule has 82 valence electrons. The molecular weight excluding hydrogens is 190 g/mol. The number of aryl methyl sites for hydroxylation is 1. The minimum absolute atomic E-state index is 0.619. The molecule has 1 aromatic heterocycles. The van der Waals surface area contributed by atoms with E-state index in [1.807, 2.05) is 13.0 Å². The van der Waals surface area contributed by atoms with E-state index >= 15 is 0 Å². The highest BCUT2D eigenvalue weighted by molar-refractivity contribution is 5.07. The fraction of sp³-hybridized carbons (Fsp3) is 0.636. The summed E-state index contributed by atoms with van der Waals surface area (Å²) in [6, 6.07) is 1.81. The largest absolute Gasteiger partial charge is 0.477 e. The molecule has 0 saturated carbocycles. The normalized spacial score (nSPS) is 21.3. The van der Waals surface area contributed by atoms with Crippen molar-refractivity contribution in [2.45, 2.75) is 19.8 Å². The Kier molecular flexibility index (Phi) is 3.50. The maximum Gasteiger partial charge on any atom is 0.216 e. The summed E-state index contributed by atoms with van der Waals surface area (Å²) in [5, 5.41) is 3.37. The highest BCUT2D eigenvalue weighted by Crippen LogP contribution is 2.12. The van der Waals surface area contributed by atoms with Crippen LogP contribution in [0, 0.1) is 12.8 Å². The van der Waals surface area contributed by atoms with Crippen LogP contribution in [-0.4, -0.2) is 29.7 Å². The summed E-state index contributed by atoms with van der Waals surface area (Å²) in [7, 11) is 0. The van der Waals surface area contributed by atoms with E-state index in [1.54, 1.807) is 6.20 Å². The number of hydrogen-bond acceptors (Lipinski definition) is 4. The number of hydrogen-bond donors (Lipinski definition) is 1. The Labute approximate surface area is 90.1 Å². The fourth-order valence-electron chi connectivity index (χ4n) is 1.78. The smallest absolute Gasteiger partial charge is 0.216 e. The number of rotatable bonds is 3. The maximum atomic E-state index is 5.64. The van der Waals surface area contributed by atoms with Gasteiger partial charge in [-0.3, -0.25) is 0 Å². The van der Waals surface area contributed by atoms with Gasteiger partial charge in [0.1, 0.15) is 5.82 Å². The lowest BCUT2D eigenvalue weighted by Crippen LogP contribution is -2.33. The van der Waals surface area contributed by atoms with Crippen LogP contribution >= 0.6 is 0 Å². The van der Waals surface area contributed by atoms with Crippen molar-refractivity contribution < 1.29 is 4.74 Å². The van der Waals surface area contributed by atoms with Crippen LogP contribution in [0.15, 0.2) is 12.3 Å². The van der Waals surface area contributed by atoms with Crippen LogP contribution in [0.2, 0.25) is 0 Å². The van der Waals surface area contributed by atoms with Gasteiger partial charge >= 0.3 is 0 Å². The predicted octanol–water partition coefficient (Wildman–Crippen LogP) is 1.16. The van der Waals surface area contributed by atoms with Crippen LogP contribution < -0.4 is 10.1 Å². The first-order valence-electron chi connectivity index (χ1n) is 5.48. The molecule has 2 rings (SSSR count). The number of piperidine rings is 1. The fourth-order valence-corrected chi connectivity index (χ4v) is 1.78. The van der Waals surface area contributed by atoms with Gasteiger partial charge in [0.15, 0.2) is 0 Å². The van der Waals surface area contributed by atoms with Crippen molar-refractivity contribution in [1.82, 2.24) is 15.3 Å². The summed E-state index contributed by atoms with van der Waals surface area (Å²) in [6.07, 6.45) is 4.23. The van der Waals surface area contributed by atoms with Gasteiger partial charge in [0.25, 0.3) is 0 Å². The number of nitrogens with one attached hydrogen (secondary N) is 1. The van der Waals surface area contributed by atoms with Crippen molar-refractivity contribution in [2.75, 3.05) is 19.7 Å². The van der Waals surface area contributed by atoms with E-state index in [1.165, 1.54) is 12.8 Å². The second kappa shape index (κ2) is 5.07. The third-order valence-electron chi connectivity index (χ3n) is 2.62. The van der Waals surface area contributed by atoms with E-state index < -0.39 is 0 Å². The lowest BCUT2D eigenvalue weighted by molar-refractivity contribution is 0.211. The zero-order valence-electron chi connectivity index (χ0n) is 9.07. The van der Waals surface area contributed by atoms with Crippen LogP contribution in [0.5, 0.6) is 5.88 Å². The SMILES string of the molecule is Cc1nccc(OCC2CCCNC2)n1. The molecule has 4 heteroatoms. The van der Waals surface area contributed by atoms with Gasteiger partial charge in [0.05, 0.1) is 6.61 Å². The summed E-state index contributed by atoms with van der Waals surface area (Å²) in [6.45, 7) is 4.83. The lowest BCUT2D eigenvalue weighted by Gasteiger charge is -2.22. The van der Waals surface area contributed by atoms with Gasteiger partial charge in [-0.25, -0.2) is 4.98 Å². The molecule has 0 bridgehead atoms. The quantitative estimate of drug-likeness (QED) is 0.808. The van der Waals surface area contributed by atoms with E-state index in [-0.39, 0.29) is 0 Å². The number of aromatic nitrogens is 2. The monoisotopic (exact) mass is 207 g/mol. The summed E-state index contributed by atoms with van der Waals surface area (Å²) in [5.41, 5.74) is 0. The van der Waals surface area contributed by atoms with E-state index in [0.29, 0.717) is 11.8 Å². The molecule has 0 amide bonds. The first-order valence-corrected chi connectivity index (χ1v) is 5.48. The molecule has 1 fully saturated rings. The molecule has 0 radical (unpaired) electrons. The Bertz CT molecular complexity index is 310. The van der Waals surface area contributed by atoms with Gasteiger partial charge in [0.2, 0.25) is 5.88 Å². The number of ether oxygens (including phenoxy) is 1. The second-order valence-corrected chi connectivity index (χ2v) is 3.97. The molecule has 2 heterocycles. The van der Waals surface area contributed by atoms with Crippen LogP contribution in [0.25, 0.3) is 0 Å². The van der Waals surface area contributed by atoms with Crippen LogP contribution in [0.4, 0.5) is 0 Å². The first-order chi connectivity index (χ1) is 7.34. The molecule has 1 atom stereocenters. The van der Waals surface area contributed by atoms with Gasteiger partial charge in [-0.15, -0.1) is 0 Å². The zero-order valence-corrected chi connectivity index (χ0v) is 9.07. The average Bonchev–Trinajstić information content (AvgIpc) is 2.28. The highest BCUT2D eigenvalue weighted by atomic mass is 16.5. The first kappa shape index (κ1) is 10.4. The van der Waals surface area contributed by atoms with Crippen molar-refractivity contribution >= 4 is 0 Å². The molecule has 1 aliphatic heterocycles. The van der Waals surface area contributed by atoms with Gasteiger partial charge in [-0.2, -0.15) is 4.98 Å². The Hall–Kier alpha value is -1.16. The van der Waals surface area contributed by atoms with Crippen molar-refractivity contribution in [3.05, 3.63) is 18.1 Å². The molecular formula is C11H17N3O. The van der Waals surface area contributed by atoms with Gasteiger partial charge in [0, 0.05) is 24.7 Å². The molecule has 1 unspecified atom stereocenters. The van der Waals surface area contributed by atoms with Crippen LogP contribution in [-0.2, 0) is 0 Å². The molecule has 15 heavy (non-hydrogen) atoms. The van der Waals surface area contributed by atoms with Crippen LogP contribution in [0.1, 0.15) is 18.7 Å². The van der Waals surface area contributed by atoms with Crippen molar-refractivity contribution in [3.63, 3.8) is 0 Å². The van der Waals surface area contributed by atoms with Gasteiger partial charge in [-0.1, -0.05) is 0 Å². The van der Waals surface area contributed by atoms with Crippen molar-refractivity contribution in [1.29, 1.82) is 0 Å². The van der Waals surface area contributed by atoms with E-state index in [0.717, 1.165) is 25.5 Å². The Morgan fingerprint density at radius 3 is 3.27 bits per heavy atom. The van der Waals surface area contributed by atoms with Gasteiger partial charge in [-0.05, 0) is 26.3 Å². The number of nitrogens with zero attached hydrogens (tertiary/aromatic N) is 2. The van der Waals surface area contributed by atoms with E-state index in [2.05, 4.69) is 15.3 Å². The molecule has 1 N–H and O–H groups in total. The molecule has 1 aromatic rings. The third kappa shape index (κ3) is 3.16. The topological polar surface area (TPSA) is 47.0 Å². The molecule has 1 saturated heterocycles. The van der Waals surface area contributed by atoms with E-state index in [9.17, 15) is 0 Å². The molecule has 1 aliphatic rings. The molecule has 4 nitrogen and oxygen atoms in total. The lowest BCUT2D eigenvalue weighted by atomic mass is 10.0. The Morgan fingerprint density at radius 1 is 1.60 bits per heavy atom. The van der Waals surface area contributed by atoms with Crippen LogP contribution in [0.3, 0.4) is 0 Å². The van der Waals surface area contributed by atoms with Crippen molar-refractivity contribution in [2.24, 2.45) is 5.92 Å². The maximum absolute atomic E-state index is 5.64. The zero-order chi connectivity index (χ0) is 10.5. The second-order valence-electron chi connectivity index (χ2n) is 3.97. The minimum atomic E-state index is 0.619. The summed E-state index contributed by atoms with van der Waals surface area (Å²) < 4.78 is 5.64. The average molecular weight is 207 g/mol. The Balaban J connectivity index is 1.81. The molecule has 0 spiro atoms. The molecule has 0 aliphatic carbocycles. The van der Waals surface area contributed by atoms with Gasteiger partial charge < -0.3 is 10.1 Å². The standard InChI is InChI=1S/C11H17N3O/c1-9-13-6-4-11(14-9)15-8-10-3-2-5-12-7-10/h4,6,10,12H,2-3,5,7-8H2,1H3. The van der Waals surface area contributed by atoms with E-state index in [4.69, 9.17) is 4.74 Å². The summed E-state index contributed by atoms with van der Waals surface area (Å²) in [4.78, 5) is 8.23. The summed E-state index contributed by atoms with van der Waals surface area (Å²) >= 11 is 0. The Morgan fingerprint density at radius 2 is 2.53 bits per heavy atom. The predicted molar refractivity (Wildman–Crippen MR) is 57.9 cm³/mol. The summed E-state index contributed by atoms with van der Waals surface area (Å²) in [5.74, 6) is 2.07. The molecule has 0 aromatic carbocycles. The highest BCUT2D eigenvalue weighted by Gasteiger charge is 2.13. The van der Waals surface area contributed by atoms with Crippen molar-refractivity contribution in [3.8, 4) is 5.88 Å².